The van der Waals surface area contributed by atoms with Gasteiger partial charge in [-0.2, -0.15) is 8.42 Å². The molecule has 4 nitrogen and oxygen atoms in total. The van der Waals surface area contributed by atoms with E-state index in [9.17, 15) is 8.42 Å². The molecular weight excluding hydrogens is 298 g/mol. The minimum absolute atomic E-state index is 0.102. The van der Waals surface area contributed by atoms with Crippen LogP contribution in [0.2, 0.25) is 0 Å². The highest BCUT2D eigenvalue weighted by Gasteiger charge is 2.10. The molecule has 0 saturated heterocycles. The Kier molecular flexibility index (Phi) is 7.26. The van der Waals surface area contributed by atoms with Crippen LogP contribution >= 0.6 is 0 Å². The zero-order valence-corrected chi connectivity index (χ0v) is 14.4. The summed E-state index contributed by atoms with van der Waals surface area (Å²) in [7, 11) is -3.87. The SMILES string of the molecule is CC(C)(C)C=C[C@H](Cc1ccccc1)NCCCS(=O)(=O)O. The number of hydrogen-bond donors (Lipinski definition) is 2. The number of benzene rings is 1. The van der Waals surface area contributed by atoms with Gasteiger partial charge >= 0.3 is 0 Å². The van der Waals surface area contributed by atoms with Gasteiger partial charge in [0, 0.05) is 6.04 Å². The Balaban J connectivity index is 2.60. The normalized spacial score (nSPS) is 14.4. The first-order valence-electron chi connectivity index (χ1n) is 7.57. The predicted molar refractivity (Wildman–Crippen MR) is 91.6 cm³/mol. The van der Waals surface area contributed by atoms with Crippen molar-refractivity contribution in [2.45, 2.75) is 39.7 Å². The van der Waals surface area contributed by atoms with Crippen LogP contribution < -0.4 is 5.32 Å². The number of nitrogens with one attached hydrogen (secondary N) is 1. The molecule has 1 aromatic rings. The molecule has 0 heterocycles. The monoisotopic (exact) mass is 325 g/mol. The summed E-state index contributed by atoms with van der Waals surface area (Å²) in [5.74, 6) is -0.207. The van der Waals surface area contributed by atoms with Crippen LogP contribution in [0, 0.1) is 5.41 Å². The van der Waals surface area contributed by atoms with E-state index in [1.165, 1.54) is 5.56 Å². The van der Waals surface area contributed by atoms with Gasteiger partial charge in [0.05, 0.1) is 5.75 Å². The number of rotatable bonds is 8. The van der Waals surface area contributed by atoms with E-state index in [-0.39, 0.29) is 17.2 Å². The summed E-state index contributed by atoms with van der Waals surface area (Å²) in [6, 6.07) is 10.3. The van der Waals surface area contributed by atoms with Crippen LogP contribution in [0.5, 0.6) is 0 Å². The van der Waals surface area contributed by atoms with E-state index in [1.807, 2.05) is 18.2 Å². The molecule has 0 aliphatic heterocycles. The van der Waals surface area contributed by atoms with Crippen molar-refractivity contribution in [1.29, 1.82) is 0 Å². The average Bonchev–Trinajstić information content (AvgIpc) is 2.40. The first-order chi connectivity index (χ1) is 10.2. The topological polar surface area (TPSA) is 66.4 Å². The van der Waals surface area contributed by atoms with Gasteiger partial charge in [0.1, 0.15) is 0 Å². The fourth-order valence-electron chi connectivity index (χ4n) is 2.02. The summed E-state index contributed by atoms with van der Waals surface area (Å²) < 4.78 is 30.2. The van der Waals surface area contributed by atoms with Gasteiger partial charge in [-0.05, 0) is 30.4 Å². The van der Waals surface area contributed by atoms with Crippen molar-refractivity contribution in [1.82, 2.24) is 5.32 Å². The molecule has 5 heteroatoms. The van der Waals surface area contributed by atoms with Crippen LogP contribution in [0.3, 0.4) is 0 Å². The van der Waals surface area contributed by atoms with Crippen molar-refractivity contribution in [2.75, 3.05) is 12.3 Å². The Morgan fingerprint density at radius 1 is 1.23 bits per heavy atom. The summed E-state index contributed by atoms with van der Waals surface area (Å²) in [5.41, 5.74) is 1.33. The van der Waals surface area contributed by atoms with Gasteiger partial charge in [-0.1, -0.05) is 63.3 Å². The lowest BCUT2D eigenvalue weighted by Crippen LogP contribution is -2.31. The van der Waals surface area contributed by atoms with Gasteiger partial charge in [-0.15, -0.1) is 0 Å². The fourth-order valence-corrected chi connectivity index (χ4v) is 2.53. The molecule has 0 fully saturated rings. The second kappa shape index (κ2) is 8.46. The summed E-state index contributed by atoms with van der Waals surface area (Å²) in [5, 5.41) is 3.35. The maximum absolute atomic E-state index is 10.7. The smallest absolute Gasteiger partial charge is 0.264 e. The predicted octanol–water partition coefficient (Wildman–Crippen LogP) is 3.07. The average molecular weight is 325 g/mol. The molecule has 0 saturated carbocycles. The Labute approximate surface area is 134 Å². The molecule has 2 N–H and O–H groups in total. The maximum Gasteiger partial charge on any atom is 0.264 e. The molecule has 0 aromatic heterocycles. The molecule has 0 aliphatic rings. The maximum atomic E-state index is 10.7. The van der Waals surface area contributed by atoms with Crippen molar-refractivity contribution >= 4 is 10.1 Å². The molecule has 1 atom stereocenters. The zero-order valence-electron chi connectivity index (χ0n) is 13.6. The summed E-state index contributed by atoms with van der Waals surface area (Å²) >= 11 is 0. The molecule has 1 rings (SSSR count). The Bertz CT molecular complexity index is 559. The Morgan fingerprint density at radius 2 is 1.86 bits per heavy atom. The molecular formula is C17H27NO3S. The van der Waals surface area contributed by atoms with Crippen LogP contribution in [0.15, 0.2) is 42.5 Å². The third kappa shape index (κ3) is 9.71. The third-order valence-corrected chi connectivity index (χ3v) is 3.92. The molecule has 124 valence electrons. The largest absolute Gasteiger partial charge is 0.310 e. The molecule has 1 aromatic carbocycles. The van der Waals surface area contributed by atoms with E-state index < -0.39 is 10.1 Å². The Hall–Kier alpha value is -1.17. The van der Waals surface area contributed by atoms with E-state index in [2.05, 4.69) is 50.4 Å². The van der Waals surface area contributed by atoms with E-state index >= 15 is 0 Å². The van der Waals surface area contributed by atoms with Gasteiger partial charge in [0.2, 0.25) is 0 Å². The quantitative estimate of drug-likeness (QED) is 0.438. The molecule has 0 bridgehead atoms. The van der Waals surface area contributed by atoms with Crippen molar-refractivity contribution in [3.63, 3.8) is 0 Å². The van der Waals surface area contributed by atoms with Gasteiger partial charge < -0.3 is 5.32 Å². The van der Waals surface area contributed by atoms with Crippen molar-refractivity contribution in [3.8, 4) is 0 Å². The number of hydrogen-bond acceptors (Lipinski definition) is 3. The van der Waals surface area contributed by atoms with Gasteiger partial charge in [-0.3, -0.25) is 4.55 Å². The van der Waals surface area contributed by atoms with Gasteiger partial charge in [0.15, 0.2) is 0 Å². The van der Waals surface area contributed by atoms with Crippen LogP contribution in [-0.4, -0.2) is 31.3 Å². The molecule has 0 amide bonds. The van der Waals surface area contributed by atoms with E-state index in [0.717, 1.165) is 6.42 Å². The first-order valence-corrected chi connectivity index (χ1v) is 9.18. The van der Waals surface area contributed by atoms with E-state index in [0.29, 0.717) is 13.0 Å². The van der Waals surface area contributed by atoms with Crippen molar-refractivity contribution < 1.29 is 13.0 Å². The molecule has 0 aliphatic carbocycles. The van der Waals surface area contributed by atoms with Crippen LogP contribution in [0.1, 0.15) is 32.8 Å². The first kappa shape index (κ1) is 18.9. The highest BCUT2D eigenvalue weighted by Crippen LogP contribution is 2.15. The third-order valence-electron chi connectivity index (χ3n) is 3.11. The molecule has 0 unspecified atom stereocenters. The lowest BCUT2D eigenvalue weighted by atomic mass is 9.94. The van der Waals surface area contributed by atoms with Crippen LogP contribution in [0.4, 0.5) is 0 Å². The molecule has 0 radical (unpaired) electrons. The standard InChI is InChI=1S/C17H27NO3S/c1-17(2,3)11-10-16(14-15-8-5-4-6-9-15)18-12-7-13-22(19,20)21/h4-6,8-11,16,18H,7,12-14H2,1-3H3,(H,19,20,21)/t16-/m1/s1. The van der Waals surface area contributed by atoms with Crippen LogP contribution in [-0.2, 0) is 16.5 Å². The summed E-state index contributed by atoms with van der Waals surface area (Å²) in [6.45, 7) is 6.97. The fraction of sp³-hybridized carbons (Fsp3) is 0.529. The lowest BCUT2D eigenvalue weighted by Gasteiger charge is -2.18. The van der Waals surface area contributed by atoms with Gasteiger partial charge in [-0.25, -0.2) is 0 Å². The number of allylic oxidation sites excluding steroid dienone is 1. The molecule has 0 spiro atoms. The summed E-state index contributed by atoms with van der Waals surface area (Å²) in [4.78, 5) is 0. The second-order valence-corrected chi connectivity index (χ2v) is 8.19. The van der Waals surface area contributed by atoms with Crippen molar-refractivity contribution in [3.05, 3.63) is 48.0 Å². The van der Waals surface area contributed by atoms with Crippen LogP contribution in [0.25, 0.3) is 0 Å². The minimum Gasteiger partial charge on any atom is -0.310 e. The zero-order chi connectivity index (χ0) is 16.6. The Morgan fingerprint density at radius 3 is 2.41 bits per heavy atom. The van der Waals surface area contributed by atoms with Crippen molar-refractivity contribution in [2.24, 2.45) is 5.41 Å². The van der Waals surface area contributed by atoms with E-state index in [4.69, 9.17) is 4.55 Å². The summed E-state index contributed by atoms with van der Waals surface area (Å²) in [6.07, 6.45) is 5.55. The molecule has 22 heavy (non-hydrogen) atoms. The van der Waals surface area contributed by atoms with E-state index in [1.54, 1.807) is 0 Å². The lowest BCUT2D eigenvalue weighted by molar-refractivity contribution is 0.478. The highest BCUT2D eigenvalue weighted by molar-refractivity contribution is 7.85. The second-order valence-electron chi connectivity index (χ2n) is 6.62. The minimum atomic E-state index is -3.87. The highest BCUT2D eigenvalue weighted by atomic mass is 32.2. The van der Waals surface area contributed by atoms with Gasteiger partial charge in [0.25, 0.3) is 10.1 Å².